The first-order chi connectivity index (χ1) is 13.4. The number of hydrogen-bond donors (Lipinski definition) is 1. The predicted molar refractivity (Wildman–Crippen MR) is 97.6 cm³/mol. The van der Waals surface area contributed by atoms with E-state index >= 15 is 0 Å². The van der Waals surface area contributed by atoms with Crippen LogP contribution in [0.15, 0.2) is 23.2 Å². The van der Waals surface area contributed by atoms with Gasteiger partial charge in [0.2, 0.25) is 10.0 Å². The maximum atomic E-state index is 13.5. The molecule has 1 aliphatic rings. The Kier molecular flexibility index (Phi) is 5.31. The number of halogens is 3. The molecule has 2 unspecified atom stereocenters. The fraction of sp³-hybridized carbons (Fsp3) is 0.471. The van der Waals surface area contributed by atoms with Crippen molar-refractivity contribution in [3.05, 3.63) is 29.6 Å². The van der Waals surface area contributed by atoms with Gasteiger partial charge in [0, 0.05) is 19.3 Å². The molecule has 3 heterocycles. The van der Waals surface area contributed by atoms with Crippen molar-refractivity contribution in [1.29, 1.82) is 5.26 Å². The molecule has 0 saturated carbocycles. The van der Waals surface area contributed by atoms with Crippen LogP contribution in [0.25, 0.3) is 5.82 Å². The number of primary sulfonamides is 1. The number of anilines is 1. The number of sulfonamides is 1. The van der Waals surface area contributed by atoms with E-state index in [2.05, 4.69) is 10.1 Å². The van der Waals surface area contributed by atoms with E-state index < -0.39 is 27.5 Å². The van der Waals surface area contributed by atoms with E-state index in [9.17, 15) is 26.9 Å². The summed E-state index contributed by atoms with van der Waals surface area (Å²) >= 11 is 0. The molecule has 3 rings (SSSR count). The third-order valence-corrected chi connectivity index (χ3v) is 5.57. The largest absolute Gasteiger partial charge is 0.436 e. The third-order valence-electron chi connectivity index (χ3n) is 4.68. The maximum Gasteiger partial charge on any atom is 0.436 e. The summed E-state index contributed by atoms with van der Waals surface area (Å²) in [7, 11) is -4.01. The highest BCUT2D eigenvalue weighted by Crippen LogP contribution is 2.38. The molecule has 0 bridgehead atoms. The lowest BCUT2D eigenvalue weighted by atomic mass is 9.91. The smallest absolute Gasteiger partial charge is 0.355 e. The second-order valence-electron chi connectivity index (χ2n) is 7.32. The first-order valence-corrected chi connectivity index (χ1v) is 10.3. The Labute approximate surface area is 165 Å². The Morgan fingerprint density at radius 2 is 1.86 bits per heavy atom. The molecule has 0 aromatic carbocycles. The highest BCUT2D eigenvalue weighted by molar-refractivity contribution is 7.89. The minimum absolute atomic E-state index is 0.00548. The molecule has 8 nitrogen and oxygen atoms in total. The predicted octanol–water partition coefficient (Wildman–Crippen LogP) is 2.29. The van der Waals surface area contributed by atoms with E-state index in [0.29, 0.717) is 13.1 Å². The summed E-state index contributed by atoms with van der Waals surface area (Å²) < 4.78 is 64.4. The van der Waals surface area contributed by atoms with Crippen molar-refractivity contribution < 1.29 is 21.6 Å². The Morgan fingerprint density at radius 1 is 1.24 bits per heavy atom. The monoisotopic (exact) mass is 428 g/mol. The fourth-order valence-electron chi connectivity index (χ4n) is 3.66. The van der Waals surface area contributed by atoms with Crippen LogP contribution in [0.4, 0.5) is 19.0 Å². The summed E-state index contributed by atoms with van der Waals surface area (Å²) in [6, 6.07) is 3.97. The van der Waals surface area contributed by atoms with Crippen molar-refractivity contribution in [1.82, 2.24) is 14.8 Å². The van der Waals surface area contributed by atoms with Crippen LogP contribution < -0.4 is 10.0 Å². The summed E-state index contributed by atoms with van der Waals surface area (Å²) in [6.45, 7) is 4.88. The first-order valence-electron chi connectivity index (χ1n) is 8.76. The Hall–Kier alpha value is -2.65. The summed E-state index contributed by atoms with van der Waals surface area (Å²) in [6.07, 6.45) is -2.98. The molecule has 12 heteroatoms. The topological polar surface area (TPSA) is 118 Å². The van der Waals surface area contributed by atoms with Crippen LogP contribution in [0.1, 0.15) is 31.5 Å². The molecule has 29 heavy (non-hydrogen) atoms. The number of nitrogens with two attached hydrogens (primary N) is 1. The molecule has 1 aliphatic heterocycles. The van der Waals surface area contributed by atoms with E-state index in [0.717, 1.165) is 23.4 Å². The molecule has 156 valence electrons. The van der Waals surface area contributed by atoms with E-state index in [1.807, 2.05) is 13.8 Å². The zero-order valence-corrected chi connectivity index (χ0v) is 16.5. The highest BCUT2D eigenvalue weighted by atomic mass is 32.2. The van der Waals surface area contributed by atoms with Gasteiger partial charge in [0.1, 0.15) is 16.5 Å². The number of aromatic nitrogens is 3. The van der Waals surface area contributed by atoms with E-state index in [1.54, 1.807) is 11.0 Å². The summed E-state index contributed by atoms with van der Waals surface area (Å²) in [4.78, 5) is 5.34. The summed E-state index contributed by atoms with van der Waals surface area (Å²) in [5, 5.41) is 18.2. The Bertz CT molecular complexity index is 1050. The van der Waals surface area contributed by atoms with Gasteiger partial charge in [-0.1, -0.05) is 13.8 Å². The third kappa shape index (κ3) is 4.20. The summed E-state index contributed by atoms with van der Waals surface area (Å²) in [5.41, 5.74) is -1.89. The van der Waals surface area contributed by atoms with Crippen molar-refractivity contribution in [2.45, 2.75) is 31.3 Å². The first kappa shape index (κ1) is 21.1. The van der Waals surface area contributed by atoms with Gasteiger partial charge in [0.25, 0.3) is 0 Å². The van der Waals surface area contributed by atoms with Crippen LogP contribution >= 0.6 is 0 Å². The number of nitriles is 1. The molecule has 0 aliphatic carbocycles. The maximum absolute atomic E-state index is 13.5. The van der Waals surface area contributed by atoms with Gasteiger partial charge in [-0.2, -0.15) is 28.2 Å². The number of piperidine rings is 1. The van der Waals surface area contributed by atoms with Crippen LogP contribution in [0, 0.1) is 23.2 Å². The van der Waals surface area contributed by atoms with E-state index in [-0.39, 0.29) is 28.4 Å². The SMILES string of the molecule is CC1CC(C)CN(c2c(C#N)c(C(F)(F)F)nn2-c2ccc(S(N)(=O)=O)cn2)C1. The van der Waals surface area contributed by atoms with Crippen LogP contribution in [0.2, 0.25) is 0 Å². The molecule has 0 spiro atoms. The normalized spacial score (nSPS) is 20.5. The number of rotatable bonds is 3. The zero-order chi connectivity index (χ0) is 21.6. The van der Waals surface area contributed by atoms with Crippen molar-refractivity contribution in [2.24, 2.45) is 17.0 Å². The minimum Gasteiger partial charge on any atom is -0.355 e. The molecular weight excluding hydrogens is 409 g/mol. The van der Waals surface area contributed by atoms with Crippen LogP contribution in [-0.4, -0.2) is 36.3 Å². The van der Waals surface area contributed by atoms with Gasteiger partial charge in [-0.25, -0.2) is 18.5 Å². The van der Waals surface area contributed by atoms with Crippen LogP contribution in [-0.2, 0) is 16.2 Å². The minimum atomic E-state index is -4.83. The molecule has 1 saturated heterocycles. The molecular formula is C17H19F3N6O2S. The second-order valence-corrected chi connectivity index (χ2v) is 8.88. The van der Waals surface area contributed by atoms with Gasteiger partial charge >= 0.3 is 6.18 Å². The number of alkyl halides is 3. The Balaban J connectivity index is 2.20. The lowest BCUT2D eigenvalue weighted by Crippen LogP contribution is -2.40. The lowest BCUT2D eigenvalue weighted by molar-refractivity contribution is -0.141. The van der Waals surface area contributed by atoms with E-state index in [4.69, 9.17) is 5.14 Å². The summed E-state index contributed by atoms with van der Waals surface area (Å²) in [5.74, 6) is 0.362. The van der Waals surface area contributed by atoms with Crippen molar-refractivity contribution >= 4 is 15.8 Å². The quantitative estimate of drug-likeness (QED) is 0.801. The number of pyridine rings is 1. The highest BCUT2D eigenvalue weighted by Gasteiger charge is 2.41. The molecule has 2 aromatic heterocycles. The molecule has 2 N–H and O–H groups in total. The van der Waals surface area contributed by atoms with Gasteiger partial charge in [-0.05, 0) is 30.4 Å². The van der Waals surface area contributed by atoms with E-state index in [1.165, 1.54) is 6.07 Å². The van der Waals surface area contributed by atoms with Gasteiger partial charge in [0.05, 0.1) is 0 Å². The van der Waals surface area contributed by atoms with Crippen molar-refractivity contribution in [3.8, 4) is 11.9 Å². The van der Waals surface area contributed by atoms with Gasteiger partial charge in [0.15, 0.2) is 17.3 Å². The van der Waals surface area contributed by atoms with Gasteiger partial charge < -0.3 is 4.90 Å². The molecule has 1 fully saturated rings. The average molecular weight is 428 g/mol. The van der Waals surface area contributed by atoms with Crippen molar-refractivity contribution in [2.75, 3.05) is 18.0 Å². The standard InChI is InChI=1S/C17H19F3N6O2S/c1-10-5-11(2)9-25(8-10)16-13(6-21)15(17(18,19)20)24-26(16)14-4-3-12(7-23-14)29(22,27)28/h3-4,7,10-11H,5,8-9H2,1-2H3,(H2,22,27,28). The molecule has 0 amide bonds. The lowest BCUT2D eigenvalue weighted by Gasteiger charge is -2.36. The van der Waals surface area contributed by atoms with Crippen LogP contribution in [0.5, 0.6) is 0 Å². The van der Waals surface area contributed by atoms with Gasteiger partial charge in [-0.3, -0.25) is 0 Å². The number of nitrogens with zero attached hydrogens (tertiary/aromatic N) is 5. The van der Waals surface area contributed by atoms with Crippen LogP contribution in [0.3, 0.4) is 0 Å². The number of hydrogen-bond acceptors (Lipinski definition) is 6. The van der Waals surface area contributed by atoms with Crippen molar-refractivity contribution in [3.63, 3.8) is 0 Å². The Morgan fingerprint density at radius 3 is 2.31 bits per heavy atom. The average Bonchev–Trinajstić information content (AvgIpc) is 3.00. The van der Waals surface area contributed by atoms with Gasteiger partial charge in [-0.15, -0.1) is 0 Å². The molecule has 2 aromatic rings. The fourth-order valence-corrected chi connectivity index (χ4v) is 4.12. The zero-order valence-electron chi connectivity index (χ0n) is 15.7. The molecule has 0 radical (unpaired) electrons. The second kappa shape index (κ2) is 7.31. The molecule has 2 atom stereocenters.